The number of amides is 1. The zero-order chi connectivity index (χ0) is 18.1. The van der Waals surface area contributed by atoms with Gasteiger partial charge >= 0.3 is 0 Å². The summed E-state index contributed by atoms with van der Waals surface area (Å²) in [4.78, 5) is 15.1. The Hall–Kier alpha value is -2.24. The molecule has 0 radical (unpaired) electrons. The number of benzene rings is 2. The fraction of sp³-hybridized carbons (Fsp3) is 0.381. The van der Waals surface area contributed by atoms with E-state index in [1.165, 1.54) is 17.7 Å². The lowest BCUT2D eigenvalue weighted by Gasteiger charge is -2.39. The monoisotopic (exact) mass is 354 g/mol. The van der Waals surface area contributed by atoms with Crippen LogP contribution in [0.2, 0.25) is 0 Å². The molecule has 2 aromatic carbocycles. The molecule has 2 N–H and O–H groups in total. The van der Waals surface area contributed by atoms with Crippen LogP contribution in [0.5, 0.6) is 0 Å². The molecule has 1 saturated heterocycles. The number of nitrogens with zero attached hydrogens (tertiary/aromatic N) is 1. The second-order valence-corrected chi connectivity index (χ2v) is 6.99. The summed E-state index contributed by atoms with van der Waals surface area (Å²) in [5.41, 5.74) is 8.94. The zero-order valence-electron chi connectivity index (χ0n) is 14.6. The highest BCUT2D eigenvalue weighted by Crippen LogP contribution is 2.36. The van der Waals surface area contributed by atoms with E-state index in [1.807, 2.05) is 17.0 Å². The number of fused-ring (bicyclic) bond motifs is 1. The third kappa shape index (κ3) is 3.13. The number of rotatable bonds is 3. The maximum Gasteiger partial charge on any atom is 0.252 e. The van der Waals surface area contributed by atoms with Crippen LogP contribution in [0.15, 0.2) is 48.5 Å². The lowest BCUT2D eigenvalue weighted by Crippen LogP contribution is -2.45. The molecule has 26 heavy (non-hydrogen) atoms. The van der Waals surface area contributed by atoms with Crippen molar-refractivity contribution >= 4 is 5.91 Å². The van der Waals surface area contributed by atoms with Gasteiger partial charge in [-0.1, -0.05) is 36.4 Å². The third-order valence-electron chi connectivity index (χ3n) is 5.40. The first kappa shape index (κ1) is 17.2. The first-order valence-electron chi connectivity index (χ1n) is 9.16. The van der Waals surface area contributed by atoms with Crippen LogP contribution in [0.1, 0.15) is 35.6 Å². The Kier molecular flexibility index (Phi) is 4.74. The van der Waals surface area contributed by atoms with Gasteiger partial charge in [-0.15, -0.1) is 0 Å². The predicted octanol–water partition coefficient (Wildman–Crippen LogP) is 2.81. The summed E-state index contributed by atoms with van der Waals surface area (Å²) in [6.45, 7) is 1.07. The summed E-state index contributed by atoms with van der Waals surface area (Å²) in [7, 11) is 0. The second-order valence-electron chi connectivity index (χ2n) is 6.99. The van der Waals surface area contributed by atoms with Gasteiger partial charge in [-0.05, 0) is 48.1 Å². The summed E-state index contributed by atoms with van der Waals surface area (Å²) in [6, 6.07) is 14.4. The van der Waals surface area contributed by atoms with Crippen LogP contribution >= 0.6 is 0 Å². The fourth-order valence-corrected chi connectivity index (χ4v) is 4.05. The van der Waals surface area contributed by atoms with Gasteiger partial charge in [0.15, 0.2) is 0 Å². The Labute approximate surface area is 152 Å². The van der Waals surface area contributed by atoms with Crippen molar-refractivity contribution in [3.05, 3.63) is 71.0 Å². The molecule has 4 nitrogen and oxygen atoms in total. The second kappa shape index (κ2) is 7.17. The molecule has 4 rings (SSSR count). The van der Waals surface area contributed by atoms with E-state index in [0.29, 0.717) is 19.5 Å². The fourth-order valence-electron chi connectivity index (χ4n) is 4.05. The van der Waals surface area contributed by atoms with Crippen LogP contribution in [-0.2, 0) is 16.0 Å². The normalized spacial score (nSPS) is 25.2. The van der Waals surface area contributed by atoms with Crippen LogP contribution in [0.25, 0.3) is 0 Å². The number of carbonyl (C=O) groups is 1. The van der Waals surface area contributed by atoms with Gasteiger partial charge in [-0.3, -0.25) is 4.79 Å². The molecule has 0 aromatic heterocycles. The van der Waals surface area contributed by atoms with Crippen molar-refractivity contribution in [2.24, 2.45) is 5.73 Å². The molecule has 2 heterocycles. The minimum atomic E-state index is -0.434. The Morgan fingerprint density at radius 3 is 2.65 bits per heavy atom. The third-order valence-corrected chi connectivity index (χ3v) is 5.40. The van der Waals surface area contributed by atoms with E-state index in [1.54, 1.807) is 12.1 Å². The van der Waals surface area contributed by atoms with Gasteiger partial charge in [0.25, 0.3) is 5.91 Å². The molecule has 136 valence electrons. The number of halogens is 1. The molecule has 2 aromatic rings. The Bertz CT molecular complexity index is 793. The average Bonchev–Trinajstić information content (AvgIpc) is 3.16. The van der Waals surface area contributed by atoms with Crippen molar-refractivity contribution in [2.45, 2.75) is 37.5 Å². The van der Waals surface area contributed by atoms with Gasteiger partial charge in [-0.25, -0.2) is 4.39 Å². The minimum absolute atomic E-state index is 0.00442. The van der Waals surface area contributed by atoms with Crippen molar-refractivity contribution in [3.8, 4) is 0 Å². The molecule has 0 aliphatic carbocycles. The molecule has 3 atom stereocenters. The summed E-state index contributed by atoms with van der Waals surface area (Å²) in [5.74, 6) is -0.273. The lowest BCUT2D eigenvalue weighted by atomic mass is 9.87. The first-order chi connectivity index (χ1) is 12.7. The van der Waals surface area contributed by atoms with Crippen LogP contribution in [0, 0.1) is 5.82 Å². The van der Waals surface area contributed by atoms with Crippen LogP contribution in [0.4, 0.5) is 4.39 Å². The maximum absolute atomic E-state index is 13.4. The van der Waals surface area contributed by atoms with Gasteiger partial charge < -0.3 is 15.4 Å². The van der Waals surface area contributed by atoms with Crippen molar-refractivity contribution in [2.75, 3.05) is 13.1 Å². The molecule has 1 fully saturated rings. The van der Waals surface area contributed by atoms with Gasteiger partial charge in [-0.2, -0.15) is 0 Å². The SMILES string of the molecule is NC[C@H]1CC[C@H](C(=O)N2CCc3ccccc3[C@@H]2c2ccc(F)cc2)O1. The molecule has 1 amide bonds. The highest BCUT2D eigenvalue weighted by molar-refractivity contribution is 5.82. The van der Waals surface area contributed by atoms with Crippen molar-refractivity contribution in [3.63, 3.8) is 0 Å². The minimum Gasteiger partial charge on any atom is -0.364 e. The summed E-state index contributed by atoms with van der Waals surface area (Å²) >= 11 is 0. The molecule has 0 bridgehead atoms. The molecule has 0 spiro atoms. The van der Waals surface area contributed by atoms with Gasteiger partial charge in [0.05, 0.1) is 12.1 Å². The molecule has 2 aliphatic rings. The molecule has 2 aliphatic heterocycles. The Morgan fingerprint density at radius 2 is 1.92 bits per heavy atom. The van der Waals surface area contributed by atoms with Crippen molar-refractivity contribution < 1.29 is 13.9 Å². The number of hydrogen-bond donors (Lipinski definition) is 1. The van der Waals surface area contributed by atoms with Gasteiger partial charge in [0, 0.05) is 13.1 Å². The molecular formula is C21H23FN2O2. The van der Waals surface area contributed by atoms with Crippen LogP contribution in [-0.4, -0.2) is 36.1 Å². The number of ether oxygens (including phenoxy) is 1. The summed E-state index contributed by atoms with van der Waals surface area (Å²) < 4.78 is 19.3. The van der Waals surface area contributed by atoms with E-state index < -0.39 is 6.10 Å². The van der Waals surface area contributed by atoms with Gasteiger partial charge in [0.1, 0.15) is 11.9 Å². The number of hydrogen-bond acceptors (Lipinski definition) is 3. The Morgan fingerprint density at radius 1 is 1.15 bits per heavy atom. The summed E-state index contributed by atoms with van der Waals surface area (Å²) in [6.07, 6.45) is 1.86. The number of nitrogens with two attached hydrogens (primary N) is 1. The maximum atomic E-state index is 13.4. The molecule has 0 saturated carbocycles. The standard InChI is InChI=1S/C21H23FN2O2/c22-16-7-5-15(6-8-16)20-18-4-2-1-3-14(18)11-12-24(20)21(25)19-10-9-17(13-23)26-19/h1-8,17,19-20H,9-13,23H2/t17-,19-,20+/m1/s1. The predicted molar refractivity (Wildman–Crippen MR) is 97.1 cm³/mol. The molecule has 5 heteroatoms. The lowest BCUT2D eigenvalue weighted by molar-refractivity contribution is -0.145. The van der Waals surface area contributed by atoms with Gasteiger partial charge in [0.2, 0.25) is 0 Å². The van der Waals surface area contributed by atoms with Crippen molar-refractivity contribution in [1.82, 2.24) is 4.90 Å². The van der Waals surface area contributed by atoms with Crippen LogP contribution < -0.4 is 5.73 Å². The average molecular weight is 354 g/mol. The van der Waals surface area contributed by atoms with E-state index >= 15 is 0 Å². The van der Waals surface area contributed by atoms with E-state index in [-0.39, 0.29) is 23.9 Å². The summed E-state index contributed by atoms with van der Waals surface area (Å²) in [5, 5.41) is 0. The number of carbonyl (C=O) groups excluding carboxylic acids is 1. The van der Waals surface area contributed by atoms with Crippen molar-refractivity contribution in [1.29, 1.82) is 0 Å². The first-order valence-corrected chi connectivity index (χ1v) is 9.16. The Balaban J connectivity index is 1.69. The van der Waals surface area contributed by atoms with Crippen LogP contribution in [0.3, 0.4) is 0 Å². The van der Waals surface area contributed by atoms with E-state index in [9.17, 15) is 9.18 Å². The highest BCUT2D eigenvalue weighted by Gasteiger charge is 2.38. The van der Waals surface area contributed by atoms with E-state index in [0.717, 1.165) is 24.0 Å². The highest BCUT2D eigenvalue weighted by atomic mass is 19.1. The topological polar surface area (TPSA) is 55.6 Å². The van der Waals surface area contributed by atoms with E-state index in [2.05, 4.69) is 12.1 Å². The quantitative estimate of drug-likeness (QED) is 0.922. The van der Waals surface area contributed by atoms with E-state index in [4.69, 9.17) is 10.5 Å². The largest absolute Gasteiger partial charge is 0.364 e. The molecular weight excluding hydrogens is 331 g/mol. The molecule has 0 unspecified atom stereocenters. The zero-order valence-corrected chi connectivity index (χ0v) is 14.6. The smallest absolute Gasteiger partial charge is 0.252 e.